The number of amides is 1. The van der Waals surface area contributed by atoms with Crippen molar-refractivity contribution >= 4 is 21.7 Å². The van der Waals surface area contributed by atoms with Gasteiger partial charge >= 0.3 is 5.97 Å². The van der Waals surface area contributed by atoms with Crippen LogP contribution in [0.4, 0.5) is 4.39 Å². The van der Waals surface area contributed by atoms with E-state index in [1.807, 2.05) is 6.92 Å². The van der Waals surface area contributed by atoms with E-state index in [4.69, 9.17) is 0 Å². The van der Waals surface area contributed by atoms with Gasteiger partial charge in [-0.05, 0) is 41.8 Å². The second kappa shape index (κ2) is 8.30. The molecule has 0 aliphatic heterocycles. The maximum Gasteiger partial charge on any atom is 0.312 e. The molecule has 2 aromatic rings. The maximum atomic E-state index is 13.0. The molecule has 0 radical (unpaired) electrons. The second-order valence-corrected chi connectivity index (χ2v) is 8.08. The van der Waals surface area contributed by atoms with Crippen LogP contribution in [0.15, 0.2) is 47.4 Å². The van der Waals surface area contributed by atoms with Gasteiger partial charge in [-0.25, -0.2) is 12.8 Å². The summed E-state index contributed by atoms with van der Waals surface area (Å²) in [4.78, 5) is 23.9. The molecule has 0 fully saturated rings. The molecule has 0 saturated carbocycles. The third kappa shape index (κ3) is 5.13. The molecule has 0 aliphatic rings. The van der Waals surface area contributed by atoms with Gasteiger partial charge in [-0.2, -0.15) is 0 Å². The summed E-state index contributed by atoms with van der Waals surface area (Å²) < 4.78 is 36.8. The summed E-state index contributed by atoms with van der Waals surface area (Å²) in [6.07, 6.45) is 1.56. The minimum atomic E-state index is -3.50. The molecule has 0 heterocycles. The number of carbonyl (C=O) groups excluding carboxylic acids is 1. The molecule has 0 saturated heterocycles. The highest BCUT2D eigenvalue weighted by Crippen LogP contribution is 2.20. The lowest BCUT2D eigenvalue weighted by Crippen LogP contribution is -2.31. The van der Waals surface area contributed by atoms with E-state index >= 15 is 0 Å². The number of benzene rings is 2. The normalized spacial score (nSPS) is 12.4. The van der Waals surface area contributed by atoms with Crippen molar-refractivity contribution < 1.29 is 27.5 Å². The van der Waals surface area contributed by atoms with E-state index in [1.54, 1.807) is 6.07 Å². The van der Waals surface area contributed by atoms with Crippen LogP contribution in [0.2, 0.25) is 0 Å². The largest absolute Gasteiger partial charge is 0.481 e. The van der Waals surface area contributed by atoms with Crippen LogP contribution >= 0.6 is 0 Å². The number of aryl methyl sites for hydroxylation is 1. The number of carboxylic acid groups (broad SMARTS) is 1. The fourth-order valence-electron chi connectivity index (χ4n) is 2.67. The lowest BCUT2D eigenvalue weighted by atomic mass is 9.99. The predicted molar refractivity (Wildman–Crippen MR) is 98.0 cm³/mol. The molecule has 1 unspecified atom stereocenters. The fraction of sp³-hybridized carbons (Fsp3) is 0.263. The van der Waals surface area contributed by atoms with Crippen LogP contribution in [0.3, 0.4) is 0 Å². The van der Waals surface area contributed by atoms with E-state index in [0.29, 0.717) is 17.5 Å². The van der Waals surface area contributed by atoms with Crippen LogP contribution in [0.5, 0.6) is 0 Å². The Balaban J connectivity index is 2.21. The minimum Gasteiger partial charge on any atom is -0.481 e. The number of rotatable bonds is 7. The molecule has 1 amide bonds. The summed E-state index contributed by atoms with van der Waals surface area (Å²) in [5.41, 5.74) is 1.07. The van der Waals surface area contributed by atoms with Crippen molar-refractivity contribution in [2.75, 3.05) is 12.8 Å². The monoisotopic (exact) mass is 393 g/mol. The number of hydrogen-bond donors (Lipinski definition) is 2. The summed E-state index contributed by atoms with van der Waals surface area (Å²) in [7, 11) is -3.50. The first-order valence-electron chi connectivity index (χ1n) is 8.23. The van der Waals surface area contributed by atoms with Gasteiger partial charge in [0.2, 0.25) is 0 Å². The molecule has 6 nitrogen and oxygen atoms in total. The van der Waals surface area contributed by atoms with E-state index in [0.717, 1.165) is 18.4 Å². The van der Waals surface area contributed by atoms with E-state index < -0.39 is 33.4 Å². The van der Waals surface area contributed by atoms with Gasteiger partial charge < -0.3 is 10.4 Å². The van der Waals surface area contributed by atoms with Gasteiger partial charge in [0.05, 0.1) is 10.8 Å². The second-order valence-electron chi connectivity index (χ2n) is 6.10. The average Bonchev–Trinajstić information content (AvgIpc) is 2.61. The van der Waals surface area contributed by atoms with E-state index in [2.05, 4.69) is 5.32 Å². The number of sulfone groups is 1. The van der Waals surface area contributed by atoms with Crippen LogP contribution in [0.1, 0.15) is 34.3 Å². The molecule has 0 aliphatic carbocycles. The van der Waals surface area contributed by atoms with Crippen LogP contribution in [0.25, 0.3) is 0 Å². The first-order chi connectivity index (χ1) is 12.6. The van der Waals surface area contributed by atoms with Crippen LogP contribution in [-0.4, -0.2) is 38.2 Å². The Bertz CT molecular complexity index is 955. The van der Waals surface area contributed by atoms with Gasteiger partial charge in [0.1, 0.15) is 5.82 Å². The number of hydrogen-bond acceptors (Lipinski definition) is 4. The van der Waals surface area contributed by atoms with Crippen molar-refractivity contribution in [1.82, 2.24) is 5.32 Å². The van der Waals surface area contributed by atoms with Crippen molar-refractivity contribution in [2.24, 2.45) is 0 Å². The lowest BCUT2D eigenvalue weighted by Gasteiger charge is -2.15. The van der Waals surface area contributed by atoms with Crippen LogP contribution in [0, 0.1) is 5.82 Å². The van der Waals surface area contributed by atoms with Gasteiger partial charge in [-0.3, -0.25) is 9.59 Å². The third-order valence-corrected chi connectivity index (χ3v) is 5.33. The predicted octanol–water partition coefficient (Wildman–Crippen LogP) is 2.39. The molecule has 2 N–H and O–H groups in total. The minimum absolute atomic E-state index is 0.0750. The zero-order chi connectivity index (χ0) is 20.2. The van der Waals surface area contributed by atoms with Crippen molar-refractivity contribution in [3.63, 3.8) is 0 Å². The first kappa shape index (κ1) is 20.6. The Labute approximate surface area is 157 Å². The smallest absolute Gasteiger partial charge is 0.312 e. The van der Waals surface area contributed by atoms with Gasteiger partial charge in [0, 0.05) is 18.4 Å². The Morgan fingerprint density at radius 3 is 2.30 bits per heavy atom. The Hall–Kier alpha value is -2.74. The van der Waals surface area contributed by atoms with Crippen molar-refractivity contribution in [3.8, 4) is 0 Å². The highest BCUT2D eigenvalue weighted by molar-refractivity contribution is 7.90. The molecule has 144 valence electrons. The third-order valence-electron chi connectivity index (χ3n) is 4.15. The number of halogens is 1. The van der Waals surface area contributed by atoms with E-state index in [1.165, 1.54) is 24.3 Å². The topological polar surface area (TPSA) is 101 Å². The van der Waals surface area contributed by atoms with Gasteiger partial charge in [0.25, 0.3) is 5.91 Å². The quantitative estimate of drug-likeness (QED) is 0.752. The number of carboxylic acids is 1. The fourth-order valence-corrected chi connectivity index (χ4v) is 3.70. The Morgan fingerprint density at radius 1 is 1.15 bits per heavy atom. The summed E-state index contributed by atoms with van der Waals surface area (Å²) in [6, 6.07) is 9.34. The lowest BCUT2D eigenvalue weighted by molar-refractivity contribution is -0.138. The SMILES string of the molecule is CCc1ccc(C(=O)NCC(C(=O)O)c2ccc(F)cc2)cc1S(C)(=O)=O. The summed E-state index contributed by atoms with van der Waals surface area (Å²) in [5.74, 6) is -3.30. The maximum absolute atomic E-state index is 13.0. The molecule has 27 heavy (non-hydrogen) atoms. The van der Waals surface area contributed by atoms with E-state index in [9.17, 15) is 27.5 Å². The zero-order valence-corrected chi connectivity index (χ0v) is 15.7. The Morgan fingerprint density at radius 2 is 1.78 bits per heavy atom. The summed E-state index contributed by atoms with van der Waals surface area (Å²) in [5, 5.41) is 11.9. The number of carbonyl (C=O) groups is 2. The van der Waals surface area contributed by atoms with Crippen molar-refractivity contribution in [2.45, 2.75) is 24.2 Å². The van der Waals surface area contributed by atoms with Gasteiger partial charge in [0.15, 0.2) is 9.84 Å². The van der Waals surface area contributed by atoms with Crippen LogP contribution < -0.4 is 5.32 Å². The molecule has 1 atom stereocenters. The molecule has 0 aromatic heterocycles. The summed E-state index contributed by atoms with van der Waals surface area (Å²) in [6.45, 7) is 1.59. The average molecular weight is 393 g/mol. The molecular weight excluding hydrogens is 373 g/mol. The standard InChI is InChI=1S/C19H20FNO5S/c1-3-12-4-5-14(10-17(12)27(2,25)26)18(22)21-11-16(19(23)24)13-6-8-15(20)9-7-13/h4-10,16H,3,11H2,1-2H3,(H,21,22)(H,23,24). The zero-order valence-electron chi connectivity index (χ0n) is 14.9. The first-order valence-corrected chi connectivity index (χ1v) is 10.1. The van der Waals surface area contributed by atoms with Gasteiger partial charge in [-0.15, -0.1) is 0 Å². The highest BCUT2D eigenvalue weighted by Gasteiger charge is 2.22. The van der Waals surface area contributed by atoms with E-state index in [-0.39, 0.29) is 17.0 Å². The van der Waals surface area contributed by atoms with Crippen LogP contribution in [-0.2, 0) is 21.1 Å². The molecular formula is C19H20FNO5S. The molecule has 8 heteroatoms. The Kier molecular flexibility index (Phi) is 6.32. The molecule has 2 rings (SSSR count). The molecule has 2 aromatic carbocycles. The molecule has 0 spiro atoms. The summed E-state index contributed by atoms with van der Waals surface area (Å²) >= 11 is 0. The number of aliphatic carboxylic acids is 1. The number of nitrogens with one attached hydrogen (secondary N) is 1. The van der Waals surface area contributed by atoms with Crippen molar-refractivity contribution in [1.29, 1.82) is 0 Å². The van der Waals surface area contributed by atoms with Crippen molar-refractivity contribution in [3.05, 3.63) is 65.0 Å². The van der Waals surface area contributed by atoms with Gasteiger partial charge in [-0.1, -0.05) is 25.1 Å². The molecule has 0 bridgehead atoms. The highest BCUT2D eigenvalue weighted by atomic mass is 32.2.